The third-order valence-corrected chi connectivity index (χ3v) is 5.96. The lowest BCUT2D eigenvalue weighted by Crippen LogP contribution is -2.45. The maximum absolute atomic E-state index is 12.7. The molecule has 138 valence electrons. The maximum atomic E-state index is 12.7. The molecule has 1 atom stereocenters. The van der Waals surface area contributed by atoms with Gasteiger partial charge in [-0.15, -0.1) is 0 Å². The number of rotatable bonds is 2. The first-order valence-electron chi connectivity index (χ1n) is 8.95. The summed E-state index contributed by atoms with van der Waals surface area (Å²) >= 11 is 6.62. The molecule has 6 nitrogen and oxygen atoms in total. The van der Waals surface area contributed by atoms with Crippen molar-refractivity contribution in [3.8, 4) is 0 Å². The number of halogens is 1. The summed E-state index contributed by atoms with van der Waals surface area (Å²) in [5, 5.41) is 10.4. The second kappa shape index (κ2) is 6.28. The van der Waals surface area contributed by atoms with Gasteiger partial charge < -0.3 is 19.5 Å². The molecule has 0 spiro atoms. The number of aromatic carboxylic acids is 1. The zero-order valence-corrected chi connectivity index (χ0v) is 15.7. The van der Waals surface area contributed by atoms with Gasteiger partial charge in [0, 0.05) is 49.4 Å². The number of hydrogen-bond donors (Lipinski definition) is 1. The van der Waals surface area contributed by atoms with E-state index in [0.29, 0.717) is 10.4 Å². The van der Waals surface area contributed by atoms with Gasteiger partial charge in [0.15, 0.2) is 0 Å². The molecule has 2 aliphatic rings. The first-order valence-corrected chi connectivity index (χ1v) is 9.33. The Kier molecular flexibility index (Phi) is 4.20. The molecule has 1 fully saturated rings. The molecule has 26 heavy (non-hydrogen) atoms. The van der Waals surface area contributed by atoms with Crippen LogP contribution in [0.5, 0.6) is 0 Å². The number of carbonyl (C=O) groups is 1. The van der Waals surface area contributed by atoms with Crippen LogP contribution in [0.25, 0.3) is 10.9 Å². The van der Waals surface area contributed by atoms with Crippen molar-refractivity contribution < 1.29 is 9.90 Å². The predicted molar refractivity (Wildman–Crippen MR) is 103 cm³/mol. The number of aromatic nitrogens is 1. The summed E-state index contributed by atoms with van der Waals surface area (Å²) in [4.78, 5) is 28.8. The number of aryl methyl sites for hydroxylation is 1. The number of likely N-dealkylation sites (N-methyl/N-ethyl adjacent to an activating group) is 1. The van der Waals surface area contributed by atoms with Crippen molar-refractivity contribution >= 4 is 34.2 Å². The molecule has 2 aromatic rings. The summed E-state index contributed by atoms with van der Waals surface area (Å²) in [6.45, 7) is 5.77. The van der Waals surface area contributed by atoms with Crippen LogP contribution < -0.4 is 10.3 Å². The fourth-order valence-electron chi connectivity index (χ4n) is 4.16. The van der Waals surface area contributed by atoms with Gasteiger partial charge in [0.1, 0.15) is 5.56 Å². The van der Waals surface area contributed by atoms with Gasteiger partial charge in [0.2, 0.25) is 5.43 Å². The van der Waals surface area contributed by atoms with Crippen LogP contribution in [0.15, 0.2) is 17.1 Å². The van der Waals surface area contributed by atoms with E-state index in [0.717, 1.165) is 55.8 Å². The fourth-order valence-corrected chi connectivity index (χ4v) is 4.50. The molecule has 0 amide bonds. The lowest BCUT2D eigenvalue weighted by atomic mass is 9.93. The highest BCUT2D eigenvalue weighted by Gasteiger charge is 2.28. The van der Waals surface area contributed by atoms with Crippen LogP contribution >= 0.6 is 11.6 Å². The third-order valence-electron chi connectivity index (χ3n) is 5.68. The highest BCUT2D eigenvalue weighted by atomic mass is 35.5. The summed E-state index contributed by atoms with van der Waals surface area (Å²) in [5.74, 6) is -1.20. The topological polar surface area (TPSA) is 65.8 Å². The van der Waals surface area contributed by atoms with E-state index in [9.17, 15) is 14.7 Å². The largest absolute Gasteiger partial charge is 0.477 e. The smallest absolute Gasteiger partial charge is 0.341 e. The fraction of sp³-hybridized carbons (Fsp3) is 0.474. The van der Waals surface area contributed by atoms with Gasteiger partial charge in [-0.2, -0.15) is 0 Å². The van der Waals surface area contributed by atoms with Gasteiger partial charge in [-0.25, -0.2) is 4.79 Å². The molecule has 0 aliphatic carbocycles. The Hall–Kier alpha value is -2.05. The average molecular weight is 376 g/mol. The van der Waals surface area contributed by atoms with E-state index >= 15 is 0 Å². The molecule has 0 saturated carbocycles. The first kappa shape index (κ1) is 17.4. The molecule has 2 aliphatic heterocycles. The maximum Gasteiger partial charge on any atom is 0.341 e. The quantitative estimate of drug-likeness (QED) is 0.874. The molecule has 4 rings (SSSR count). The number of piperazine rings is 1. The van der Waals surface area contributed by atoms with Crippen LogP contribution in [0, 0.1) is 0 Å². The normalized spacial score (nSPS) is 20.6. The minimum Gasteiger partial charge on any atom is -0.477 e. The molecule has 1 unspecified atom stereocenters. The van der Waals surface area contributed by atoms with Gasteiger partial charge in [0.25, 0.3) is 0 Å². The van der Waals surface area contributed by atoms with E-state index in [-0.39, 0.29) is 11.6 Å². The highest BCUT2D eigenvalue weighted by molar-refractivity contribution is 6.34. The highest BCUT2D eigenvalue weighted by Crippen LogP contribution is 2.40. The van der Waals surface area contributed by atoms with E-state index in [1.54, 1.807) is 6.07 Å². The van der Waals surface area contributed by atoms with Gasteiger partial charge in [0.05, 0.1) is 16.2 Å². The molecular weight excluding hydrogens is 354 g/mol. The lowest BCUT2D eigenvalue weighted by molar-refractivity contribution is 0.0694. The number of carboxylic acid groups (broad SMARTS) is 1. The standard InChI is InChI=1S/C19H22ClN3O3/c1-11-3-4-12-16-13(18(24)14(19(25)26)10-23(11)16)9-15(20)17(12)22-7-5-21(2)6-8-22/h9-11H,3-8H2,1-2H3,(H,25,26). The Morgan fingerprint density at radius 2 is 1.96 bits per heavy atom. The van der Waals surface area contributed by atoms with Crippen molar-refractivity contribution in [2.45, 2.75) is 25.8 Å². The summed E-state index contributed by atoms with van der Waals surface area (Å²) in [6, 6.07) is 1.81. The van der Waals surface area contributed by atoms with Crippen molar-refractivity contribution in [3.63, 3.8) is 0 Å². The van der Waals surface area contributed by atoms with Crippen LogP contribution in [-0.2, 0) is 6.42 Å². The van der Waals surface area contributed by atoms with Crippen molar-refractivity contribution in [3.05, 3.63) is 38.6 Å². The van der Waals surface area contributed by atoms with Crippen molar-refractivity contribution in [1.82, 2.24) is 9.47 Å². The number of carboxylic acids is 1. The number of hydrogen-bond acceptors (Lipinski definition) is 4. The predicted octanol–water partition coefficient (Wildman–Crippen LogP) is 2.61. The molecule has 1 saturated heterocycles. The minimum atomic E-state index is -1.20. The number of anilines is 1. The van der Waals surface area contributed by atoms with Gasteiger partial charge in [-0.1, -0.05) is 11.6 Å². The first-order chi connectivity index (χ1) is 12.4. The summed E-state index contributed by atoms with van der Waals surface area (Å²) in [5.41, 5.74) is 2.28. The van der Waals surface area contributed by atoms with Crippen molar-refractivity contribution in [1.29, 1.82) is 0 Å². The summed E-state index contributed by atoms with van der Waals surface area (Å²) < 4.78 is 1.95. The van der Waals surface area contributed by atoms with E-state index in [2.05, 4.69) is 23.8 Å². The van der Waals surface area contributed by atoms with Crippen LogP contribution in [0.1, 0.15) is 35.3 Å². The minimum absolute atomic E-state index is 0.144. The molecule has 0 bridgehead atoms. The Balaban J connectivity index is 2.00. The Labute approximate surface area is 156 Å². The van der Waals surface area contributed by atoms with E-state index in [1.165, 1.54) is 6.20 Å². The number of nitrogens with zero attached hydrogens (tertiary/aromatic N) is 3. The summed E-state index contributed by atoms with van der Waals surface area (Å²) in [6.07, 6.45) is 3.23. The third kappa shape index (κ3) is 2.59. The van der Waals surface area contributed by atoms with E-state index in [4.69, 9.17) is 11.6 Å². The Morgan fingerprint density at radius 3 is 2.62 bits per heavy atom. The number of pyridine rings is 1. The van der Waals surface area contributed by atoms with Gasteiger partial charge >= 0.3 is 5.97 Å². The zero-order valence-electron chi connectivity index (χ0n) is 15.0. The van der Waals surface area contributed by atoms with E-state index in [1.807, 2.05) is 4.57 Å². The molecular formula is C19H22ClN3O3. The van der Waals surface area contributed by atoms with Gasteiger partial charge in [-0.05, 0) is 32.9 Å². The van der Waals surface area contributed by atoms with Crippen LogP contribution in [0.3, 0.4) is 0 Å². The lowest BCUT2D eigenvalue weighted by Gasteiger charge is -2.37. The summed E-state index contributed by atoms with van der Waals surface area (Å²) in [7, 11) is 2.11. The van der Waals surface area contributed by atoms with Crippen LogP contribution in [0.4, 0.5) is 5.69 Å². The van der Waals surface area contributed by atoms with Crippen molar-refractivity contribution in [2.24, 2.45) is 0 Å². The molecule has 7 heteroatoms. The Bertz CT molecular complexity index is 961. The molecule has 1 N–H and O–H groups in total. The van der Waals surface area contributed by atoms with Crippen LogP contribution in [0.2, 0.25) is 5.02 Å². The average Bonchev–Trinajstić information content (AvgIpc) is 2.60. The molecule has 1 aromatic heterocycles. The molecule has 1 aromatic carbocycles. The second-order valence-electron chi connectivity index (χ2n) is 7.34. The SMILES string of the molecule is CC1CCc2c(N3CCN(C)CC3)c(Cl)cc3c(=O)c(C(=O)O)cn1c23. The molecule has 3 heterocycles. The second-order valence-corrected chi connectivity index (χ2v) is 7.75. The van der Waals surface area contributed by atoms with Gasteiger partial charge in [-0.3, -0.25) is 4.79 Å². The monoisotopic (exact) mass is 375 g/mol. The van der Waals surface area contributed by atoms with Crippen LogP contribution in [-0.4, -0.2) is 53.8 Å². The van der Waals surface area contributed by atoms with Crippen molar-refractivity contribution in [2.75, 3.05) is 38.1 Å². The molecule has 0 radical (unpaired) electrons. The Morgan fingerprint density at radius 1 is 1.27 bits per heavy atom. The zero-order chi connectivity index (χ0) is 18.6. The van der Waals surface area contributed by atoms with E-state index < -0.39 is 11.4 Å². The number of benzene rings is 1.